The van der Waals surface area contributed by atoms with Gasteiger partial charge < -0.3 is 14.8 Å². The van der Waals surface area contributed by atoms with E-state index in [1.165, 1.54) is 11.8 Å². The molecule has 1 N–H and O–H groups in total. The molecule has 0 aliphatic carbocycles. The van der Waals surface area contributed by atoms with Crippen molar-refractivity contribution >= 4 is 17.7 Å². The minimum Gasteiger partial charge on any atom is -0.493 e. The van der Waals surface area contributed by atoms with Gasteiger partial charge in [-0.3, -0.25) is 4.79 Å². The van der Waals surface area contributed by atoms with Crippen LogP contribution in [0.2, 0.25) is 0 Å². The van der Waals surface area contributed by atoms with Crippen molar-refractivity contribution in [2.24, 2.45) is 0 Å². The second-order valence-corrected chi connectivity index (χ2v) is 4.40. The van der Waals surface area contributed by atoms with Gasteiger partial charge in [0.05, 0.1) is 20.0 Å². The number of hydrogen-bond donors (Lipinski definition) is 1. The molecule has 0 unspecified atom stereocenters. The summed E-state index contributed by atoms with van der Waals surface area (Å²) in [6.45, 7) is 0.543. The lowest BCUT2D eigenvalue weighted by Gasteiger charge is -2.12. The first-order valence-corrected chi connectivity index (χ1v) is 5.87. The number of hydrogen-bond acceptors (Lipinski definition) is 4. The molecule has 16 heavy (non-hydrogen) atoms. The van der Waals surface area contributed by atoms with E-state index in [0.717, 1.165) is 10.5 Å². The molecule has 0 fully saturated rings. The number of ether oxygens (including phenoxy) is 2. The standard InChI is InChI=1S/C11H13NO3S/c1-14-8-3-7-5-12-11(13)6-16-10(7)4-9(8)15-2/h3-4H,5-6H2,1-2H3,(H,12,13). The molecular weight excluding hydrogens is 226 g/mol. The molecular formula is C11H13NO3S. The lowest BCUT2D eigenvalue weighted by atomic mass is 10.2. The van der Waals surface area contributed by atoms with E-state index in [4.69, 9.17) is 9.47 Å². The molecule has 4 nitrogen and oxygen atoms in total. The van der Waals surface area contributed by atoms with E-state index in [2.05, 4.69) is 5.32 Å². The van der Waals surface area contributed by atoms with E-state index in [9.17, 15) is 4.79 Å². The molecule has 0 atom stereocenters. The average Bonchev–Trinajstić information content (AvgIpc) is 2.50. The number of rotatable bonds is 2. The Kier molecular flexibility index (Phi) is 3.24. The van der Waals surface area contributed by atoms with Gasteiger partial charge in [-0.05, 0) is 17.7 Å². The topological polar surface area (TPSA) is 47.6 Å². The minimum absolute atomic E-state index is 0.0548. The van der Waals surface area contributed by atoms with Gasteiger partial charge in [0.2, 0.25) is 5.91 Å². The minimum atomic E-state index is 0.0548. The molecule has 0 saturated heterocycles. The fourth-order valence-corrected chi connectivity index (χ4v) is 2.46. The van der Waals surface area contributed by atoms with Crippen LogP contribution < -0.4 is 14.8 Å². The van der Waals surface area contributed by atoms with Crippen LogP contribution in [0.4, 0.5) is 0 Å². The van der Waals surface area contributed by atoms with E-state index < -0.39 is 0 Å². The zero-order chi connectivity index (χ0) is 11.5. The highest BCUT2D eigenvalue weighted by molar-refractivity contribution is 8.00. The molecule has 1 aromatic carbocycles. The van der Waals surface area contributed by atoms with Crippen molar-refractivity contribution in [3.63, 3.8) is 0 Å². The van der Waals surface area contributed by atoms with E-state index in [1.807, 2.05) is 12.1 Å². The Labute approximate surface area is 98.3 Å². The first kappa shape index (κ1) is 11.1. The van der Waals surface area contributed by atoms with Crippen molar-refractivity contribution in [2.75, 3.05) is 20.0 Å². The number of carbonyl (C=O) groups excluding carboxylic acids is 1. The van der Waals surface area contributed by atoms with Crippen molar-refractivity contribution in [3.05, 3.63) is 17.7 Å². The third kappa shape index (κ3) is 2.09. The summed E-state index contributed by atoms with van der Waals surface area (Å²) in [6, 6.07) is 3.83. The first-order chi connectivity index (χ1) is 7.74. The number of carbonyl (C=O) groups is 1. The summed E-state index contributed by atoms with van der Waals surface area (Å²) in [5.41, 5.74) is 1.06. The Morgan fingerprint density at radius 1 is 1.25 bits per heavy atom. The monoisotopic (exact) mass is 239 g/mol. The van der Waals surface area contributed by atoms with E-state index in [-0.39, 0.29) is 5.91 Å². The Bertz CT molecular complexity index is 383. The molecule has 1 aromatic rings. The summed E-state index contributed by atoms with van der Waals surface area (Å²) < 4.78 is 10.4. The molecule has 1 aliphatic rings. The highest BCUT2D eigenvalue weighted by atomic mass is 32.2. The summed E-state index contributed by atoms with van der Waals surface area (Å²) in [4.78, 5) is 12.3. The Morgan fingerprint density at radius 3 is 2.62 bits per heavy atom. The Morgan fingerprint density at radius 2 is 1.94 bits per heavy atom. The maximum Gasteiger partial charge on any atom is 0.230 e. The van der Waals surface area contributed by atoms with Crippen molar-refractivity contribution in [1.29, 1.82) is 0 Å². The summed E-state index contributed by atoms with van der Waals surface area (Å²) in [6.07, 6.45) is 0. The number of thioether (sulfide) groups is 1. The molecule has 5 heteroatoms. The molecule has 0 bridgehead atoms. The lowest BCUT2D eigenvalue weighted by molar-refractivity contribution is -0.118. The predicted molar refractivity (Wildman–Crippen MR) is 62.1 cm³/mol. The third-order valence-corrected chi connectivity index (χ3v) is 3.50. The van der Waals surface area contributed by atoms with Crippen LogP contribution in [0.5, 0.6) is 11.5 Å². The maximum absolute atomic E-state index is 11.3. The maximum atomic E-state index is 11.3. The van der Waals surface area contributed by atoms with Crippen LogP contribution in [0.25, 0.3) is 0 Å². The fraction of sp³-hybridized carbons (Fsp3) is 0.364. The van der Waals surface area contributed by atoms with E-state index in [0.29, 0.717) is 23.8 Å². The molecule has 1 aliphatic heterocycles. The van der Waals surface area contributed by atoms with Crippen LogP contribution in [0.15, 0.2) is 17.0 Å². The summed E-state index contributed by atoms with van der Waals surface area (Å²) in [5, 5.41) is 2.83. The molecule has 1 heterocycles. The largest absolute Gasteiger partial charge is 0.493 e. The molecule has 0 saturated carbocycles. The van der Waals surface area contributed by atoms with Gasteiger partial charge in [-0.25, -0.2) is 0 Å². The van der Waals surface area contributed by atoms with Crippen LogP contribution in [-0.2, 0) is 11.3 Å². The first-order valence-electron chi connectivity index (χ1n) is 4.89. The average molecular weight is 239 g/mol. The molecule has 0 aromatic heterocycles. The van der Waals surface area contributed by atoms with E-state index in [1.54, 1.807) is 14.2 Å². The summed E-state index contributed by atoms with van der Waals surface area (Å²) >= 11 is 1.52. The van der Waals surface area contributed by atoms with Gasteiger partial charge in [0.25, 0.3) is 0 Å². The number of methoxy groups -OCH3 is 2. The number of nitrogens with one attached hydrogen (secondary N) is 1. The van der Waals surface area contributed by atoms with Crippen LogP contribution in [0, 0.1) is 0 Å². The number of amides is 1. The Balaban J connectivity index is 2.40. The number of benzene rings is 1. The van der Waals surface area contributed by atoms with Crippen LogP contribution in [0.3, 0.4) is 0 Å². The highest BCUT2D eigenvalue weighted by Gasteiger charge is 2.16. The van der Waals surface area contributed by atoms with Gasteiger partial charge in [-0.2, -0.15) is 0 Å². The van der Waals surface area contributed by atoms with Crippen LogP contribution in [-0.4, -0.2) is 25.9 Å². The van der Waals surface area contributed by atoms with Gasteiger partial charge in [0.15, 0.2) is 11.5 Å². The second-order valence-electron chi connectivity index (χ2n) is 3.38. The molecule has 0 spiro atoms. The van der Waals surface area contributed by atoms with Gasteiger partial charge in [0, 0.05) is 11.4 Å². The Hall–Kier alpha value is -1.36. The van der Waals surface area contributed by atoms with Gasteiger partial charge >= 0.3 is 0 Å². The molecule has 0 radical (unpaired) electrons. The van der Waals surface area contributed by atoms with Crippen molar-refractivity contribution in [2.45, 2.75) is 11.4 Å². The molecule has 1 amide bonds. The lowest BCUT2D eigenvalue weighted by Crippen LogP contribution is -2.22. The van der Waals surface area contributed by atoms with Gasteiger partial charge in [-0.1, -0.05) is 0 Å². The number of fused-ring (bicyclic) bond motifs is 1. The van der Waals surface area contributed by atoms with Crippen molar-refractivity contribution < 1.29 is 14.3 Å². The third-order valence-electron chi connectivity index (χ3n) is 2.40. The van der Waals surface area contributed by atoms with Crippen molar-refractivity contribution in [3.8, 4) is 11.5 Å². The second kappa shape index (κ2) is 4.65. The highest BCUT2D eigenvalue weighted by Crippen LogP contribution is 2.36. The van der Waals surface area contributed by atoms with Crippen molar-refractivity contribution in [1.82, 2.24) is 5.32 Å². The zero-order valence-electron chi connectivity index (χ0n) is 9.20. The molecule has 86 valence electrons. The van der Waals surface area contributed by atoms with E-state index >= 15 is 0 Å². The van der Waals surface area contributed by atoms with Crippen LogP contribution in [0.1, 0.15) is 5.56 Å². The van der Waals surface area contributed by atoms with Gasteiger partial charge in [-0.15, -0.1) is 11.8 Å². The molecule has 2 rings (SSSR count). The summed E-state index contributed by atoms with van der Waals surface area (Å²) in [7, 11) is 3.21. The van der Waals surface area contributed by atoms with Gasteiger partial charge in [0.1, 0.15) is 0 Å². The quantitative estimate of drug-likeness (QED) is 0.848. The summed E-state index contributed by atoms with van der Waals surface area (Å²) in [5.74, 6) is 1.89. The SMILES string of the molecule is COc1cc2c(cc1OC)SCC(=O)NC2. The fourth-order valence-electron chi connectivity index (χ4n) is 1.56. The predicted octanol–water partition coefficient (Wildman–Crippen LogP) is 1.43. The van der Waals surface area contributed by atoms with Crippen LogP contribution >= 0.6 is 11.8 Å². The smallest absolute Gasteiger partial charge is 0.230 e. The zero-order valence-corrected chi connectivity index (χ0v) is 10.0. The normalized spacial score (nSPS) is 14.8.